The molecule has 2 aromatic rings. The summed E-state index contributed by atoms with van der Waals surface area (Å²) in [4.78, 5) is 32.2. The van der Waals surface area contributed by atoms with Gasteiger partial charge in [-0.05, 0) is 18.8 Å². The van der Waals surface area contributed by atoms with Crippen LogP contribution in [0.2, 0.25) is 0 Å². The van der Waals surface area contributed by atoms with Gasteiger partial charge in [0.15, 0.2) is 11.2 Å². The van der Waals surface area contributed by atoms with Gasteiger partial charge in [-0.15, -0.1) is 0 Å². The molecule has 1 aliphatic rings. The molecule has 0 saturated heterocycles. The average Bonchev–Trinajstić information content (AvgIpc) is 2.96. The third-order valence-corrected chi connectivity index (χ3v) is 5.56. The van der Waals surface area contributed by atoms with Gasteiger partial charge in [-0.2, -0.15) is 4.98 Å². The number of fused-ring (bicyclic) bond motifs is 1. The summed E-state index contributed by atoms with van der Waals surface area (Å²) in [7, 11) is -4.14. The molecule has 2 aromatic heterocycles. The predicted molar refractivity (Wildman–Crippen MR) is 92.3 cm³/mol. The van der Waals surface area contributed by atoms with Gasteiger partial charge >= 0.3 is 7.82 Å². The van der Waals surface area contributed by atoms with Gasteiger partial charge in [0.2, 0.25) is 5.95 Å². The minimum Gasteiger partial charge on any atom is -0.396 e. The second kappa shape index (κ2) is 7.45. The number of nitrogens with two attached hydrogens (primary N) is 1. The van der Waals surface area contributed by atoms with Crippen LogP contribution in [0.25, 0.3) is 11.2 Å². The van der Waals surface area contributed by atoms with Gasteiger partial charge < -0.3 is 20.3 Å². The molecular weight excluding hydrogens is 365 g/mol. The molecule has 12 heteroatoms. The molecule has 0 aromatic carbocycles. The Morgan fingerprint density at radius 1 is 1.50 bits per heavy atom. The highest BCUT2D eigenvalue weighted by molar-refractivity contribution is 7.47. The molecule has 0 amide bonds. The van der Waals surface area contributed by atoms with E-state index < -0.39 is 13.4 Å². The molecule has 5 N–H and O–H groups in total. The lowest BCUT2D eigenvalue weighted by molar-refractivity contribution is -0.00815. The number of aliphatic hydroxyl groups excluding tert-OH is 1. The molecule has 0 aliphatic heterocycles. The van der Waals surface area contributed by atoms with E-state index in [1.807, 2.05) is 6.92 Å². The molecule has 4 atom stereocenters. The van der Waals surface area contributed by atoms with Gasteiger partial charge in [-0.1, -0.05) is 6.92 Å². The summed E-state index contributed by atoms with van der Waals surface area (Å²) in [5, 5.41) is 9.51. The third-order valence-electron chi connectivity index (χ3n) is 4.58. The lowest BCUT2D eigenvalue weighted by atomic mass is 9.70. The van der Waals surface area contributed by atoms with Crippen molar-refractivity contribution in [1.29, 1.82) is 0 Å². The molecule has 2 heterocycles. The van der Waals surface area contributed by atoms with E-state index in [1.54, 1.807) is 4.57 Å². The molecule has 1 aliphatic carbocycles. The number of aromatic nitrogens is 4. The molecule has 144 valence electrons. The number of phosphoric ester groups is 1. The van der Waals surface area contributed by atoms with Crippen LogP contribution in [-0.4, -0.2) is 49.3 Å². The zero-order chi connectivity index (χ0) is 18.9. The number of phosphoric acid groups is 1. The molecule has 1 unspecified atom stereocenters. The van der Waals surface area contributed by atoms with Gasteiger partial charge in [0.25, 0.3) is 5.56 Å². The third kappa shape index (κ3) is 3.67. The van der Waals surface area contributed by atoms with Gasteiger partial charge in [-0.3, -0.25) is 18.8 Å². The van der Waals surface area contributed by atoms with E-state index in [4.69, 9.17) is 14.8 Å². The quantitative estimate of drug-likeness (QED) is 0.469. The Morgan fingerprint density at radius 2 is 2.27 bits per heavy atom. The molecule has 0 radical (unpaired) electrons. The number of anilines is 1. The fraction of sp³-hybridized carbons (Fsp3) is 0.643. The summed E-state index contributed by atoms with van der Waals surface area (Å²) in [6, 6.07) is -0.197. The number of rotatable bonds is 8. The zero-order valence-electron chi connectivity index (χ0n) is 14.2. The van der Waals surface area contributed by atoms with Crippen LogP contribution >= 0.6 is 7.82 Å². The first kappa shape index (κ1) is 19.0. The summed E-state index contributed by atoms with van der Waals surface area (Å²) < 4.78 is 23.5. The van der Waals surface area contributed by atoms with E-state index in [1.165, 1.54) is 6.33 Å². The van der Waals surface area contributed by atoms with Crippen LogP contribution in [0.4, 0.5) is 5.95 Å². The standard InChI is InChI=1S/C14H22N5O6P/c1-2-3-24-26(22,23)25-6-9-8(5-20)4-10(9)19-7-16-11-12(19)17-14(15)18-13(11)21/h7-10,20H,2-6H2,1H3,(H,22,23)(H3,15,17,18,21)/t8-,9-,10-/m1/s1. The van der Waals surface area contributed by atoms with E-state index >= 15 is 0 Å². The van der Waals surface area contributed by atoms with Crippen molar-refractivity contribution in [3.05, 3.63) is 16.7 Å². The topological polar surface area (TPSA) is 166 Å². The SMILES string of the molecule is CCCOP(=O)(O)OC[C@@H]1[C@@H](CO)C[C@H]1n1cnc2c(=O)[nH]c(N)nc21. The number of hydrogen-bond donors (Lipinski definition) is 4. The van der Waals surface area contributed by atoms with Gasteiger partial charge in [0, 0.05) is 18.6 Å². The van der Waals surface area contributed by atoms with Crippen LogP contribution in [0.3, 0.4) is 0 Å². The van der Waals surface area contributed by atoms with Crippen molar-refractivity contribution in [3.8, 4) is 0 Å². The summed E-state index contributed by atoms with van der Waals surface area (Å²) in [5.74, 6) is -0.392. The summed E-state index contributed by atoms with van der Waals surface area (Å²) >= 11 is 0. The predicted octanol–water partition coefficient (Wildman–Crippen LogP) is 0.415. The Hall–Kier alpha value is -1.78. The van der Waals surface area contributed by atoms with Crippen LogP contribution < -0.4 is 11.3 Å². The highest BCUT2D eigenvalue weighted by Gasteiger charge is 2.44. The molecule has 11 nitrogen and oxygen atoms in total. The van der Waals surface area contributed by atoms with Crippen LogP contribution in [0.5, 0.6) is 0 Å². The van der Waals surface area contributed by atoms with Gasteiger partial charge in [0.05, 0.1) is 19.5 Å². The van der Waals surface area contributed by atoms with E-state index in [0.29, 0.717) is 18.5 Å². The van der Waals surface area contributed by atoms with Crippen molar-refractivity contribution in [2.45, 2.75) is 25.8 Å². The average molecular weight is 387 g/mol. The lowest BCUT2D eigenvalue weighted by Gasteiger charge is -2.44. The first-order valence-electron chi connectivity index (χ1n) is 8.31. The number of nitrogens with one attached hydrogen (secondary N) is 1. The number of aromatic amines is 1. The first-order valence-corrected chi connectivity index (χ1v) is 9.81. The number of hydrogen-bond acceptors (Lipinski definition) is 8. The number of H-pyrrole nitrogens is 1. The fourth-order valence-corrected chi connectivity index (χ4v) is 4.01. The zero-order valence-corrected chi connectivity index (χ0v) is 15.1. The minimum absolute atomic E-state index is 0.0251. The van der Waals surface area contributed by atoms with Crippen LogP contribution in [-0.2, 0) is 13.6 Å². The number of nitrogen functional groups attached to an aromatic ring is 1. The maximum atomic E-state index is 11.9. The summed E-state index contributed by atoms with van der Waals surface area (Å²) in [5.41, 5.74) is 5.65. The largest absolute Gasteiger partial charge is 0.472 e. The first-order chi connectivity index (χ1) is 12.4. The Bertz CT molecular complexity index is 882. The van der Waals surface area contributed by atoms with E-state index in [-0.39, 0.29) is 49.2 Å². The van der Waals surface area contributed by atoms with Crippen molar-refractivity contribution in [2.75, 3.05) is 25.6 Å². The highest BCUT2D eigenvalue weighted by Crippen LogP contribution is 2.49. The molecule has 3 rings (SSSR count). The van der Waals surface area contributed by atoms with Crippen LogP contribution in [0.1, 0.15) is 25.8 Å². The Balaban J connectivity index is 1.80. The maximum Gasteiger partial charge on any atom is 0.472 e. The Morgan fingerprint density at radius 3 is 2.96 bits per heavy atom. The van der Waals surface area contributed by atoms with E-state index in [9.17, 15) is 19.4 Å². The fourth-order valence-electron chi connectivity index (χ4n) is 3.16. The number of nitrogens with zero attached hydrogens (tertiary/aromatic N) is 3. The van der Waals surface area contributed by atoms with Crippen molar-refractivity contribution in [1.82, 2.24) is 19.5 Å². The second-order valence-electron chi connectivity index (χ2n) is 6.28. The Kier molecular flexibility index (Phi) is 5.44. The molecule has 1 saturated carbocycles. The van der Waals surface area contributed by atoms with Crippen molar-refractivity contribution >= 4 is 24.9 Å². The molecule has 0 spiro atoms. The minimum atomic E-state index is -4.14. The normalized spacial score (nSPS) is 25.1. The van der Waals surface area contributed by atoms with Gasteiger partial charge in [-0.25, -0.2) is 9.55 Å². The summed E-state index contributed by atoms with van der Waals surface area (Å²) in [6.07, 6.45) is 2.65. The summed E-state index contributed by atoms with van der Waals surface area (Å²) in [6.45, 7) is 1.77. The van der Waals surface area contributed by atoms with Crippen LogP contribution in [0, 0.1) is 11.8 Å². The van der Waals surface area contributed by atoms with Crippen molar-refractivity contribution in [3.63, 3.8) is 0 Å². The Labute approximate surface area is 148 Å². The molecule has 0 bridgehead atoms. The van der Waals surface area contributed by atoms with Crippen molar-refractivity contribution in [2.24, 2.45) is 11.8 Å². The highest BCUT2D eigenvalue weighted by atomic mass is 31.2. The molecular formula is C14H22N5O6P. The van der Waals surface area contributed by atoms with Crippen LogP contribution in [0.15, 0.2) is 11.1 Å². The molecule has 1 fully saturated rings. The lowest BCUT2D eigenvalue weighted by Crippen LogP contribution is -2.43. The van der Waals surface area contributed by atoms with Crippen molar-refractivity contribution < 1.29 is 23.6 Å². The van der Waals surface area contributed by atoms with E-state index in [0.717, 1.165) is 0 Å². The number of aliphatic hydroxyl groups is 1. The smallest absolute Gasteiger partial charge is 0.396 e. The van der Waals surface area contributed by atoms with Gasteiger partial charge in [0.1, 0.15) is 0 Å². The van der Waals surface area contributed by atoms with E-state index in [2.05, 4.69) is 15.0 Å². The maximum absolute atomic E-state index is 11.9. The second-order valence-corrected chi connectivity index (χ2v) is 7.74. The molecule has 26 heavy (non-hydrogen) atoms. The number of imidazole rings is 1. The monoisotopic (exact) mass is 387 g/mol.